The number of rotatable bonds is 8. The average Bonchev–Trinajstić information content (AvgIpc) is 3.20. The van der Waals surface area contributed by atoms with Gasteiger partial charge in [-0.1, -0.05) is 35.3 Å². The molecule has 0 aromatic heterocycles. The maximum atomic E-state index is 12.7. The molecule has 1 saturated heterocycles. The van der Waals surface area contributed by atoms with E-state index >= 15 is 0 Å². The minimum absolute atomic E-state index is 0.140. The van der Waals surface area contributed by atoms with Crippen LogP contribution in [-0.4, -0.2) is 42.3 Å². The van der Waals surface area contributed by atoms with E-state index in [9.17, 15) is 9.59 Å². The molecule has 8 heteroatoms. The lowest BCUT2D eigenvalue weighted by Crippen LogP contribution is -2.44. The number of likely N-dealkylation sites (tertiary alicyclic amines) is 1. The number of fused-ring (bicyclic) bond motifs is 1. The van der Waals surface area contributed by atoms with E-state index < -0.39 is 0 Å². The van der Waals surface area contributed by atoms with Gasteiger partial charge in [-0.05, 0) is 68.5 Å². The molecule has 0 radical (unpaired) electrons. The first-order valence-electron chi connectivity index (χ1n) is 11.9. The molecule has 1 amide bonds. The highest BCUT2D eigenvalue weighted by atomic mass is 35.5. The molecular formula is C27H30Cl2N2O4. The number of piperidine rings is 1. The molecule has 1 N–H and O–H groups in total. The highest BCUT2D eigenvalue weighted by molar-refractivity contribution is 6.42. The van der Waals surface area contributed by atoms with Crippen molar-refractivity contribution >= 4 is 34.9 Å². The van der Waals surface area contributed by atoms with E-state index in [4.69, 9.17) is 32.7 Å². The SMILES string of the molecule is CC(C)=C1Oc2cccc(OCCCC(=O)N3CCC(NCc4ccc(Cl)c(Cl)c4)CC3)c2C1=O. The van der Waals surface area contributed by atoms with Gasteiger partial charge in [-0.15, -0.1) is 0 Å². The molecule has 0 bridgehead atoms. The minimum atomic E-state index is -0.151. The van der Waals surface area contributed by atoms with Crippen molar-refractivity contribution in [2.45, 2.75) is 52.1 Å². The molecule has 0 aliphatic carbocycles. The topological polar surface area (TPSA) is 67.9 Å². The van der Waals surface area contributed by atoms with E-state index in [1.165, 1.54) is 0 Å². The van der Waals surface area contributed by atoms with Crippen molar-refractivity contribution in [3.63, 3.8) is 0 Å². The molecule has 2 aliphatic heterocycles. The summed E-state index contributed by atoms with van der Waals surface area (Å²) in [4.78, 5) is 27.2. The van der Waals surface area contributed by atoms with Crippen LogP contribution >= 0.6 is 23.2 Å². The Labute approximate surface area is 216 Å². The summed E-state index contributed by atoms with van der Waals surface area (Å²) in [5, 5.41) is 4.66. The third-order valence-corrected chi connectivity index (χ3v) is 7.05. The molecule has 2 heterocycles. The molecule has 0 saturated carbocycles. The summed E-state index contributed by atoms with van der Waals surface area (Å²) in [6, 6.07) is 11.4. The molecule has 6 nitrogen and oxygen atoms in total. The molecule has 0 spiro atoms. The van der Waals surface area contributed by atoms with Crippen LogP contribution in [0, 0.1) is 0 Å². The van der Waals surface area contributed by atoms with Crippen LogP contribution in [0.3, 0.4) is 0 Å². The number of halogens is 2. The van der Waals surface area contributed by atoms with Crippen molar-refractivity contribution in [3.8, 4) is 11.5 Å². The number of ether oxygens (including phenoxy) is 2. The van der Waals surface area contributed by atoms with Gasteiger partial charge in [-0.3, -0.25) is 9.59 Å². The molecule has 0 atom stereocenters. The first-order valence-corrected chi connectivity index (χ1v) is 12.7. The monoisotopic (exact) mass is 516 g/mol. The molecule has 2 aromatic carbocycles. The number of carbonyl (C=O) groups is 2. The number of benzene rings is 2. The predicted molar refractivity (Wildman–Crippen MR) is 137 cm³/mol. The molecule has 0 unspecified atom stereocenters. The first-order chi connectivity index (χ1) is 16.8. The first kappa shape index (κ1) is 25.5. The van der Waals surface area contributed by atoms with Crippen LogP contribution in [0.1, 0.15) is 55.5 Å². The lowest BCUT2D eigenvalue weighted by Gasteiger charge is -2.32. The number of amides is 1. The molecular weight excluding hydrogens is 487 g/mol. The predicted octanol–water partition coefficient (Wildman–Crippen LogP) is 5.80. The maximum absolute atomic E-state index is 12.7. The van der Waals surface area contributed by atoms with E-state index in [-0.39, 0.29) is 11.7 Å². The summed E-state index contributed by atoms with van der Waals surface area (Å²) >= 11 is 12.1. The van der Waals surface area contributed by atoms with Crippen molar-refractivity contribution in [2.24, 2.45) is 0 Å². The van der Waals surface area contributed by atoms with E-state index in [1.807, 2.05) is 36.9 Å². The molecule has 186 valence electrons. The van der Waals surface area contributed by atoms with Crippen LogP contribution in [0.4, 0.5) is 0 Å². The van der Waals surface area contributed by atoms with E-state index in [2.05, 4.69) is 5.32 Å². The Morgan fingerprint density at radius 3 is 2.63 bits per heavy atom. The second-order valence-corrected chi connectivity index (χ2v) is 9.94. The van der Waals surface area contributed by atoms with Gasteiger partial charge in [0.1, 0.15) is 17.1 Å². The van der Waals surface area contributed by atoms with Gasteiger partial charge in [-0.2, -0.15) is 0 Å². The zero-order valence-corrected chi connectivity index (χ0v) is 21.5. The molecule has 4 rings (SSSR count). The summed E-state index contributed by atoms with van der Waals surface area (Å²) in [5.41, 5.74) is 2.38. The summed E-state index contributed by atoms with van der Waals surface area (Å²) in [7, 11) is 0. The van der Waals surface area contributed by atoms with Gasteiger partial charge in [0, 0.05) is 32.1 Å². The van der Waals surface area contributed by atoms with Crippen molar-refractivity contribution < 1.29 is 19.1 Å². The standard InChI is InChI=1S/C27H30Cl2N2O4/c1-17(2)27-26(33)25-22(5-3-6-23(25)35-27)34-14-4-7-24(32)31-12-10-19(11-13-31)30-16-18-8-9-20(28)21(29)15-18/h3,5-6,8-9,15,19,30H,4,7,10-14,16H2,1-2H3. The van der Waals surface area contributed by atoms with E-state index in [0.717, 1.165) is 43.6 Å². The van der Waals surface area contributed by atoms with Gasteiger partial charge in [-0.25, -0.2) is 0 Å². The summed E-state index contributed by atoms with van der Waals surface area (Å²) in [6.45, 7) is 6.25. The lowest BCUT2D eigenvalue weighted by molar-refractivity contribution is -0.132. The number of hydrogen-bond donors (Lipinski definition) is 1. The molecule has 2 aromatic rings. The third-order valence-electron chi connectivity index (χ3n) is 6.31. The normalized spacial score (nSPS) is 15.7. The number of allylic oxidation sites excluding steroid dienone is 2. The number of ketones is 1. The largest absolute Gasteiger partial charge is 0.493 e. The van der Waals surface area contributed by atoms with Crippen molar-refractivity contribution in [2.75, 3.05) is 19.7 Å². The van der Waals surface area contributed by atoms with Crippen LogP contribution < -0.4 is 14.8 Å². The van der Waals surface area contributed by atoms with Crippen LogP contribution in [0.15, 0.2) is 47.7 Å². The zero-order valence-electron chi connectivity index (χ0n) is 20.0. The van der Waals surface area contributed by atoms with Crippen molar-refractivity contribution in [1.82, 2.24) is 10.2 Å². The number of hydrogen-bond acceptors (Lipinski definition) is 5. The number of nitrogens with one attached hydrogen (secondary N) is 1. The van der Waals surface area contributed by atoms with Gasteiger partial charge in [0.05, 0.1) is 16.7 Å². The van der Waals surface area contributed by atoms with Gasteiger partial charge < -0.3 is 19.7 Å². The maximum Gasteiger partial charge on any atom is 0.235 e. The Bertz CT molecular complexity index is 1140. The zero-order chi connectivity index (χ0) is 24.9. The van der Waals surface area contributed by atoms with Gasteiger partial charge in [0.25, 0.3) is 0 Å². The quantitative estimate of drug-likeness (QED) is 0.354. The van der Waals surface area contributed by atoms with Crippen molar-refractivity contribution in [1.29, 1.82) is 0 Å². The Morgan fingerprint density at radius 1 is 1.14 bits per heavy atom. The molecule has 1 fully saturated rings. The van der Waals surface area contributed by atoms with Crippen LogP contribution in [-0.2, 0) is 11.3 Å². The van der Waals surface area contributed by atoms with E-state index in [1.54, 1.807) is 18.2 Å². The Kier molecular flexibility index (Phi) is 8.37. The Balaban J connectivity index is 1.18. The van der Waals surface area contributed by atoms with Crippen molar-refractivity contribution in [3.05, 3.63) is 68.9 Å². The minimum Gasteiger partial charge on any atom is -0.493 e. The van der Waals surface area contributed by atoms with Gasteiger partial charge >= 0.3 is 0 Å². The fraction of sp³-hybridized carbons (Fsp3) is 0.407. The van der Waals surface area contributed by atoms with Crippen LogP contribution in [0.25, 0.3) is 0 Å². The van der Waals surface area contributed by atoms with E-state index in [0.29, 0.717) is 58.4 Å². The highest BCUT2D eigenvalue weighted by Crippen LogP contribution is 2.38. The average molecular weight is 517 g/mol. The number of nitrogens with zero attached hydrogens (tertiary/aromatic N) is 1. The Hall–Kier alpha value is -2.54. The number of carbonyl (C=O) groups excluding carboxylic acids is 2. The number of Topliss-reactive ketones (excluding diaryl/α,β-unsaturated/α-hetero) is 1. The smallest absolute Gasteiger partial charge is 0.235 e. The summed E-state index contributed by atoms with van der Waals surface area (Å²) < 4.78 is 11.5. The fourth-order valence-corrected chi connectivity index (χ4v) is 4.67. The van der Waals surface area contributed by atoms with Gasteiger partial charge in [0.15, 0.2) is 5.76 Å². The lowest BCUT2D eigenvalue weighted by atomic mass is 10.0. The molecule has 2 aliphatic rings. The summed E-state index contributed by atoms with van der Waals surface area (Å²) in [6.07, 6.45) is 2.83. The van der Waals surface area contributed by atoms with Gasteiger partial charge in [0.2, 0.25) is 11.7 Å². The van der Waals surface area contributed by atoms with Crippen LogP contribution in [0.5, 0.6) is 11.5 Å². The fourth-order valence-electron chi connectivity index (χ4n) is 4.35. The second-order valence-electron chi connectivity index (χ2n) is 9.13. The highest BCUT2D eigenvalue weighted by Gasteiger charge is 2.31. The third kappa shape index (κ3) is 6.18. The summed E-state index contributed by atoms with van der Waals surface area (Å²) in [5.74, 6) is 1.38. The molecule has 35 heavy (non-hydrogen) atoms. The van der Waals surface area contributed by atoms with Crippen LogP contribution in [0.2, 0.25) is 10.0 Å². The Morgan fingerprint density at radius 2 is 1.91 bits per heavy atom. The second kappa shape index (κ2) is 11.5.